The van der Waals surface area contributed by atoms with Crippen LogP contribution in [0.25, 0.3) is 0 Å². The first-order chi connectivity index (χ1) is 6.80. The highest BCUT2D eigenvalue weighted by Gasteiger charge is 2.37. The molecule has 0 saturated heterocycles. The second-order valence-corrected chi connectivity index (χ2v) is 3.75. The lowest BCUT2D eigenvalue weighted by Crippen LogP contribution is -2.30. The van der Waals surface area contributed by atoms with Gasteiger partial charge in [-0.1, -0.05) is 23.7 Å². The quantitative estimate of drug-likeness (QED) is 0.839. The fourth-order valence-corrected chi connectivity index (χ4v) is 1.29. The molecule has 0 aromatic heterocycles. The van der Waals surface area contributed by atoms with Gasteiger partial charge in [0.2, 0.25) is 0 Å². The van der Waals surface area contributed by atoms with Crippen LogP contribution in [0.5, 0.6) is 0 Å². The SMILES string of the molecule is Cc1cc(C[C@H](O)C(F)(F)F)ccc1Cl. The van der Waals surface area contributed by atoms with E-state index in [0.29, 0.717) is 16.1 Å². The van der Waals surface area contributed by atoms with Gasteiger partial charge >= 0.3 is 6.18 Å². The van der Waals surface area contributed by atoms with Crippen molar-refractivity contribution in [1.82, 2.24) is 0 Å². The molecule has 84 valence electrons. The molecule has 0 aliphatic carbocycles. The largest absolute Gasteiger partial charge is 0.414 e. The van der Waals surface area contributed by atoms with Crippen LogP contribution in [0.2, 0.25) is 5.02 Å². The maximum Gasteiger partial charge on any atom is 0.414 e. The van der Waals surface area contributed by atoms with Crippen molar-refractivity contribution >= 4 is 11.6 Å². The summed E-state index contributed by atoms with van der Waals surface area (Å²) in [7, 11) is 0. The monoisotopic (exact) mass is 238 g/mol. The molecule has 0 amide bonds. The molecule has 5 heteroatoms. The maximum atomic E-state index is 12.0. The Hall–Kier alpha value is -0.740. The molecule has 1 atom stereocenters. The minimum absolute atomic E-state index is 0.418. The molecule has 0 saturated carbocycles. The van der Waals surface area contributed by atoms with Crippen molar-refractivity contribution in [2.24, 2.45) is 0 Å². The minimum Gasteiger partial charge on any atom is -0.383 e. The normalized spacial score (nSPS) is 14.0. The lowest BCUT2D eigenvalue weighted by molar-refractivity contribution is -0.203. The van der Waals surface area contributed by atoms with E-state index >= 15 is 0 Å². The Morgan fingerprint density at radius 1 is 1.40 bits per heavy atom. The molecule has 0 aliphatic rings. The number of aliphatic hydroxyl groups excluding tert-OH is 1. The molecule has 15 heavy (non-hydrogen) atoms. The predicted octanol–water partition coefficient (Wildman–Crippen LogP) is 3.11. The highest BCUT2D eigenvalue weighted by atomic mass is 35.5. The third kappa shape index (κ3) is 3.39. The van der Waals surface area contributed by atoms with Gasteiger partial charge in [0, 0.05) is 11.4 Å². The van der Waals surface area contributed by atoms with Gasteiger partial charge < -0.3 is 5.11 Å². The molecule has 0 fully saturated rings. The summed E-state index contributed by atoms with van der Waals surface area (Å²) in [4.78, 5) is 0. The minimum atomic E-state index is -4.58. The molecule has 0 radical (unpaired) electrons. The van der Waals surface area contributed by atoms with E-state index in [4.69, 9.17) is 16.7 Å². The summed E-state index contributed by atoms with van der Waals surface area (Å²) in [6, 6.07) is 4.54. The molecule has 0 aliphatic heterocycles. The van der Waals surface area contributed by atoms with Crippen LogP contribution in [-0.2, 0) is 6.42 Å². The summed E-state index contributed by atoms with van der Waals surface area (Å²) in [5, 5.41) is 9.34. The number of hydrogen-bond donors (Lipinski definition) is 1. The average molecular weight is 239 g/mol. The van der Waals surface area contributed by atoms with Gasteiger partial charge in [-0.15, -0.1) is 0 Å². The van der Waals surface area contributed by atoms with Gasteiger partial charge in [-0.05, 0) is 24.1 Å². The molecule has 1 nitrogen and oxygen atoms in total. The molecule has 1 aromatic rings. The molecule has 1 aromatic carbocycles. The van der Waals surface area contributed by atoms with Crippen LogP contribution >= 0.6 is 11.6 Å². The van der Waals surface area contributed by atoms with Gasteiger partial charge in [-0.3, -0.25) is 0 Å². The molecule has 0 unspecified atom stereocenters. The van der Waals surface area contributed by atoms with E-state index in [-0.39, 0.29) is 0 Å². The summed E-state index contributed by atoms with van der Waals surface area (Å²) in [6.45, 7) is 1.70. The van der Waals surface area contributed by atoms with E-state index in [1.54, 1.807) is 6.92 Å². The van der Waals surface area contributed by atoms with Crippen LogP contribution in [0.15, 0.2) is 18.2 Å². The second-order valence-electron chi connectivity index (χ2n) is 3.35. The number of halogens is 4. The van der Waals surface area contributed by atoms with Gasteiger partial charge in [-0.2, -0.15) is 13.2 Å². The van der Waals surface area contributed by atoms with Crippen molar-refractivity contribution in [1.29, 1.82) is 0 Å². The average Bonchev–Trinajstić information content (AvgIpc) is 2.10. The van der Waals surface area contributed by atoms with Gasteiger partial charge in [0.25, 0.3) is 0 Å². The standard InChI is InChI=1S/C10H10ClF3O/c1-6-4-7(2-3-8(6)11)5-9(15)10(12,13)14/h2-4,9,15H,5H2,1H3/t9-/m0/s1. The third-order valence-electron chi connectivity index (χ3n) is 2.03. The van der Waals surface area contributed by atoms with Crippen LogP contribution in [0.4, 0.5) is 13.2 Å². The van der Waals surface area contributed by atoms with E-state index in [1.165, 1.54) is 18.2 Å². The number of rotatable bonds is 2. The predicted molar refractivity (Wildman–Crippen MR) is 52.0 cm³/mol. The number of alkyl halides is 3. The topological polar surface area (TPSA) is 20.2 Å². The zero-order valence-corrected chi connectivity index (χ0v) is 8.73. The molecule has 1 rings (SSSR count). The van der Waals surface area contributed by atoms with E-state index in [0.717, 1.165) is 0 Å². The maximum absolute atomic E-state index is 12.0. The molecule has 1 N–H and O–H groups in total. The van der Waals surface area contributed by atoms with Crippen molar-refractivity contribution in [3.8, 4) is 0 Å². The molecular formula is C10H10ClF3O. The Kier molecular flexibility index (Phi) is 3.62. The second kappa shape index (κ2) is 4.41. The van der Waals surface area contributed by atoms with Crippen LogP contribution in [0.1, 0.15) is 11.1 Å². The first-order valence-corrected chi connectivity index (χ1v) is 4.68. The summed E-state index contributed by atoms with van der Waals surface area (Å²) in [5.41, 5.74) is 1.12. The summed E-state index contributed by atoms with van der Waals surface area (Å²) in [5.74, 6) is 0. The van der Waals surface area contributed by atoms with Crippen LogP contribution in [0, 0.1) is 6.92 Å². The Bertz CT molecular complexity index is 349. The van der Waals surface area contributed by atoms with E-state index in [9.17, 15) is 13.2 Å². The number of benzene rings is 1. The smallest absolute Gasteiger partial charge is 0.383 e. The molecule has 0 bridgehead atoms. The fourth-order valence-electron chi connectivity index (χ4n) is 1.17. The zero-order chi connectivity index (χ0) is 11.6. The summed E-state index contributed by atoms with van der Waals surface area (Å²) < 4.78 is 36.1. The Labute approximate surface area is 90.5 Å². The third-order valence-corrected chi connectivity index (χ3v) is 2.45. The van der Waals surface area contributed by atoms with E-state index in [1.807, 2.05) is 0 Å². The molecule has 0 heterocycles. The lowest BCUT2D eigenvalue weighted by Gasteiger charge is -2.14. The van der Waals surface area contributed by atoms with Gasteiger partial charge in [0.1, 0.15) is 0 Å². The number of aliphatic hydroxyl groups is 1. The first kappa shape index (κ1) is 12.3. The van der Waals surface area contributed by atoms with Gasteiger partial charge in [0.15, 0.2) is 6.10 Å². The first-order valence-electron chi connectivity index (χ1n) is 4.30. The summed E-state index contributed by atoms with van der Waals surface area (Å²) >= 11 is 5.72. The van der Waals surface area contributed by atoms with Crippen molar-refractivity contribution in [2.75, 3.05) is 0 Å². The molecular weight excluding hydrogens is 229 g/mol. The number of aryl methyl sites for hydroxylation is 1. The Balaban J connectivity index is 2.78. The Morgan fingerprint density at radius 3 is 2.47 bits per heavy atom. The number of hydrogen-bond acceptors (Lipinski definition) is 1. The van der Waals surface area contributed by atoms with Crippen LogP contribution in [-0.4, -0.2) is 17.4 Å². The zero-order valence-electron chi connectivity index (χ0n) is 7.98. The highest BCUT2D eigenvalue weighted by molar-refractivity contribution is 6.31. The van der Waals surface area contributed by atoms with E-state index in [2.05, 4.69) is 0 Å². The van der Waals surface area contributed by atoms with Crippen molar-refractivity contribution in [3.63, 3.8) is 0 Å². The molecule has 0 spiro atoms. The van der Waals surface area contributed by atoms with Gasteiger partial charge in [0.05, 0.1) is 0 Å². The van der Waals surface area contributed by atoms with Crippen molar-refractivity contribution in [2.45, 2.75) is 25.6 Å². The van der Waals surface area contributed by atoms with Crippen molar-refractivity contribution in [3.05, 3.63) is 34.3 Å². The summed E-state index contributed by atoms with van der Waals surface area (Å²) in [6.07, 6.45) is -7.34. The van der Waals surface area contributed by atoms with Crippen LogP contribution in [0.3, 0.4) is 0 Å². The van der Waals surface area contributed by atoms with Crippen molar-refractivity contribution < 1.29 is 18.3 Å². The lowest BCUT2D eigenvalue weighted by atomic mass is 10.1. The van der Waals surface area contributed by atoms with E-state index < -0.39 is 18.7 Å². The van der Waals surface area contributed by atoms with Crippen LogP contribution < -0.4 is 0 Å². The fraction of sp³-hybridized carbons (Fsp3) is 0.400. The van der Waals surface area contributed by atoms with Gasteiger partial charge in [-0.25, -0.2) is 0 Å². The Morgan fingerprint density at radius 2 is 2.00 bits per heavy atom. The highest BCUT2D eigenvalue weighted by Crippen LogP contribution is 2.24.